The number of likely N-dealkylation sites (tertiary alicyclic amines) is 1. The third-order valence-electron chi connectivity index (χ3n) is 4.72. The molecule has 158 valence electrons. The van der Waals surface area contributed by atoms with E-state index in [4.69, 9.17) is 4.99 Å². The number of pyridine rings is 1. The number of aryl methyl sites for hydroxylation is 1. The molecule has 1 saturated heterocycles. The standard InChI is InChI=1S/C20H34N6O.HI/c1-4-10-23-19(27)15-26-12-8-17(9-13-26)25-20(21-5-2)24-14-18-16(3)7-6-11-22-18;/h6-7,11,17H,4-5,8-10,12-15H2,1-3H3,(H,23,27)(H2,21,24,25);1H. The number of aliphatic imine (C=N–C) groups is 1. The van der Waals surface area contributed by atoms with E-state index in [1.807, 2.05) is 12.3 Å². The Morgan fingerprint density at radius 2 is 2.04 bits per heavy atom. The number of rotatable bonds is 8. The number of nitrogens with zero attached hydrogens (tertiary/aromatic N) is 3. The predicted octanol–water partition coefficient (Wildman–Crippen LogP) is 2.05. The predicted molar refractivity (Wildman–Crippen MR) is 125 cm³/mol. The van der Waals surface area contributed by atoms with Crippen molar-refractivity contribution in [1.29, 1.82) is 0 Å². The van der Waals surface area contributed by atoms with Gasteiger partial charge in [-0.3, -0.25) is 14.7 Å². The van der Waals surface area contributed by atoms with Gasteiger partial charge in [0, 0.05) is 38.4 Å². The molecule has 1 amide bonds. The van der Waals surface area contributed by atoms with Gasteiger partial charge >= 0.3 is 0 Å². The molecule has 1 aromatic rings. The summed E-state index contributed by atoms with van der Waals surface area (Å²) in [7, 11) is 0. The second kappa shape index (κ2) is 13.7. The third-order valence-corrected chi connectivity index (χ3v) is 4.72. The molecule has 28 heavy (non-hydrogen) atoms. The van der Waals surface area contributed by atoms with Gasteiger partial charge in [-0.25, -0.2) is 4.99 Å². The van der Waals surface area contributed by atoms with Crippen LogP contribution in [-0.4, -0.2) is 60.5 Å². The van der Waals surface area contributed by atoms with Gasteiger partial charge in [-0.05, 0) is 44.7 Å². The average molecular weight is 502 g/mol. The molecule has 0 unspecified atom stereocenters. The van der Waals surface area contributed by atoms with E-state index in [1.54, 1.807) is 0 Å². The molecule has 0 aliphatic carbocycles. The van der Waals surface area contributed by atoms with Crippen molar-refractivity contribution in [2.45, 2.75) is 52.6 Å². The number of guanidine groups is 1. The number of piperidine rings is 1. The lowest BCUT2D eigenvalue weighted by molar-refractivity contribution is -0.122. The Kier molecular flexibility index (Phi) is 12.1. The molecule has 1 aliphatic rings. The molecule has 1 aliphatic heterocycles. The highest BCUT2D eigenvalue weighted by molar-refractivity contribution is 14.0. The summed E-state index contributed by atoms with van der Waals surface area (Å²) in [6, 6.07) is 4.38. The van der Waals surface area contributed by atoms with E-state index in [0.717, 1.165) is 62.7 Å². The minimum atomic E-state index is 0. The van der Waals surface area contributed by atoms with Gasteiger partial charge in [0.15, 0.2) is 5.96 Å². The van der Waals surface area contributed by atoms with E-state index < -0.39 is 0 Å². The summed E-state index contributed by atoms with van der Waals surface area (Å²) >= 11 is 0. The number of halogens is 1. The molecule has 8 heteroatoms. The summed E-state index contributed by atoms with van der Waals surface area (Å²) in [6.07, 6.45) is 4.80. The van der Waals surface area contributed by atoms with Crippen molar-refractivity contribution in [3.05, 3.63) is 29.6 Å². The summed E-state index contributed by atoms with van der Waals surface area (Å²) in [5.41, 5.74) is 2.16. The smallest absolute Gasteiger partial charge is 0.234 e. The quantitative estimate of drug-likeness (QED) is 0.288. The first-order valence-corrected chi connectivity index (χ1v) is 10.1. The van der Waals surface area contributed by atoms with Crippen LogP contribution in [0, 0.1) is 6.92 Å². The Morgan fingerprint density at radius 3 is 2.68 bits per heavy atom. The van der Waals surface area contributed by atoms with Crippen LogP contribution in [0.5, 0.6) is 0 Å². The first-order chi connectivity index (χ1) is 13.1. The van der Waals surface area contributed by atoms with Gasteiger partial charge in [0.25, 0.3) is 0 Å². The van der Waals surface area contributed by atoms with Crippen LogP contribution in [0.2, 0.25) is 0 Å². The molecular weight excluding hydrogens is 467 g/mol. The maximum absolute atomic E-state index is 11.9. The summed E-state index contributed by atoms with van der Waals surface area (Å²) in [5.74, 6) is 0.964. The van der Waals surface area contributed by atoms with Crippen molar-refractivity contribution >= 4 is 35.8 Å². The van der Waals surface area contributed by atoms with Crippen LogP contribution in [0.3, 0.4) is 0 Å². The van der Waals surface area contributed by atoms with Crippen LogP contribution >= 0.6 is 24.0 Å². The fourth-order valence-corrected chi connectivity index (χ4v) is 3.11. The van der Waals surface area contributed by atoms with Gasteiger partial charge in [-0.15, -0.1) is 24.0 Å². The van der Waals surface area contributed by atoms with Crippen molar-refractivity contribution in [3.8, 4) is 0 Å². The van der Waals surface area contributed by atoms with Crippen LogP contribution in [0.25, 0.3) is 0 Å². The monoisotopic (exact) mass is 502 g/mol. The lowest BCUT2D eigenvalue weighted by Gasteiger charge is -2.32. The number of carbonyl (C=O) groups is 1. The highest BCUT2D eigenvalue weighted by Crippen LogP contribution is 2.10. The Morgan fingerprint density at radius 1 is 1.29 bits per heavy atom. The average Bonchev–Trinajstić information content (AvgIpc) is 2.67. The summed E-state index contributed by atoms with van der Waals surface area (Å²) in [5, 5.41) is 9.80. The van der Waals surface area contributed by atoms with E-state index in [-0.39, 0.29) is 29.9 Å². The summed E-state index contributed by atoms with van der Waals surface area (Å²) in [6.45, 7) is 10.7. The first kappa shape index (κ1) is 24.6. The number of hydrogen-bond donors (Lipinski definition) is 3. The highest BCUT2D eigenvalue weighted by Gasteiger charge is 2.21. The second-order valence-electron chi connectivity index (χ2n) is 7.01. The van der Waals surface area contributed by atoms with Crippen molar-refractivity contribution < 1.29 is 4.79 Å². The summed E-state index contributed by atoms with van der Waals surface area (Å²) < 4.78 is 0. The van der Waals surface area contributed by atoms with Crippen LogP contribution in [0.4, 0.5) is 0 Å². The van der Waals surface area contributed by atoms with Gasteiger partial charge in [0.2, 0.25) is 5.91 Å². The number of amides is 1. The van der Waals surface area contributed by atoms with Crippen molar-refractivity contribution in [2.24, 2.45) is 4.99 Å². The fraction of sp³-hybridized carbons (Fsp3) is 0.650. The van der Waals surface area contributed by atoms with Crippen LogP contribution in [0.15, 0.2) is 23.3 Å². The van der Waals surface area contributed by atoms with Gasteiger partial charge in [-0.1, -0.05) is 13.0 Å². The zero-order valence-corrected chi connectivity index (χ0v) is 19.7. The SMILES string of the molecule is CCCNC(=O)CN1CCC(NC(=NCc2ncccc2C)NCC)CC1.I. The molecule has 2 rings (SSSR count). The second-order valence-corrected chi connectivity index (χ2v) is 7.01. The molecule has 0 bridgehead atoms. The highest BCUT2D eigenvalue weighted by atomic mass is 127. The van der Waals surface area contributed by atoms with Gasteiger partial charge in [-0.2, -0.15) is 0 Å². The lowest BCUT2D eigenvalue weighted by atomic mass is 10.1. The first-order valence-electron chi connectivity index (χ1n) is 10.1. The molecule has 0 aromatic carbocycles. The summed E-state index contributed by atoms with van der Waals surface area (Å²) in [4.78, 5) is 23.2. The number of nitrogens with one attached hydrogen (secondary N) is 3. The molecule has 2 heterocycles. The molecule has 0 spiro atoms. The van der Waals surface area contributed by atoms with Gasteiger partial charge in [0.05, 0.1) is 18.8 Å². The molecular formula is C20H35IN6O. The van der Waals surface area contributed by atoms with Crippen LogP contribution < -0.4 is 16.0 Å². The Balaban J connectivity index is 0.00000392. The van der Waals surface area contributed by atoms with E-state index >= 15 is 0 Å². The van der Waals surface area contributed by atoms with Crippen LogP contribution in [-0.2, 0) is 11.3 Å². The number of hydrogen-bond acceptors (Lipinski definition) is 4. The number of aromatic nitrogens is 1. The van der Waals surface area contributed by atoms with E-state index in [0.29, 0.717) is 19.1 Å². The zero-order chi connectivity index (χ0) is 19.5. The van der Waals surface area contributed by atoms with E-state index in [2.05, 4.69) is 52.7 Å². The van der Waals surface area contributed by atoms with Gasteiger partial charge < -0.3 is 16.0 Å². The maximum Gasteiger partial charge on any atom is 0.234 e. The molecule has 1 fully saturated rings. The maximum atomic E-state index is 11.9. The molecule has 0 radical (unpaired) electrons. The molecule has 1 aromatic heterocycles. The van der Waals surface area contributed by atoms with Crippen LogP contribution in [0.1, 0.15) is 44.4 Å². The third kappa shape index (κ3) is 8.72. The minimum Gasteiger partial charge on any atom is -0.357 e. The van der Waals surface area contributed by atoms with E-state index in [1.165, 1.54) is 0 Å². The Labute approximate surface area is 186 Å². The lowest BCUT2D eigenvalue weighted by Crippen LogP contribution is -2.50. The van der Waals surface area contributed by atoms with Crippen molar-refractivity contribution in [2.75, 3.05) is 32.7 Å². The van der Waals surface area contributed by atoms with Crippen molar-refractivity contribution in [1.82, 2.24) is 25.8 Å². The fourth-order valence-electron chi connectivity index (χ4n) is 3.11. The zero-order valence-electron chi connectivity index (χ0n) is 17.3. The normalized spacial score (nSPS) is 15.6. The Bertz CT molecular complexity index is 616. The largest absolute Gasteiger partial charge is 0.357 e. The molecule has 7 nitrogen and oxygen atoms in total. The molecule has 0 saturated carbocycles. The van der Waals surface area contributed by atoms with Crippen molar-refractivity contribution in [3.63, 3.8) is 0 Å². The minimum absolute atomic E-state index is 0. The number of carbonyl (C=O) groups excluding carboxylic acids is 1. The molecule has 3 N–H and O–H groups in total. The Hall–Kier alpha value is -1.42. The topological polar surface area (TPSA) is 81.7 Å². The van der Waals surface area contributed by atoms with E-state index in [9.17, 15) is 4.79 Å². The van der Waals surface area contributed by atoms with Gasteiger partial charge in [0.1, 0.15) is 0 Å². The molecule has 0 atom stereocenters.